The Morgan fingerprint density at radius 3 is 2.54 bits per heavy atom. The number of halogens is 2. The highest BCUT2D eigenvalue weighted by Gasteiger charge is 2.37. The molecule has 0 fully saturated rings. The quantitative estimate of drug-likeness (QED) is 0.394. The van der Waals surface area contributed by atoms with Gasteiger partial charge in [0.25, 0.3) is 0 Å². The van der Waals surface area contributed by atoms with Crippen LogP contribution in [0.5, 0.6) is 0 Å². The molecule has 35 heavy (non-hydrogen) atoms. The van der Waals surface area contributed by atoms with Crippen LogP contribution in [0.1, 0.15) is 37.4 Å². The standard InChI is InChI=1S/C25H25Cl2N7O/c1-25(2)11-19(33(3)4)14-10-13(8-9-16(14)25)30-23-29-12-15-21(28)34(24(35)32-22(15)31-23)20-17(26)6-5-7-18(20)27/h5-10,12,19H,11,28H2,1-4H3,(H,30,31,32,35). The average molecular weight is 510 g/mol. The fraction of sp³-hybridized carbons (Fsp3) is 0.280. The summed E-state index contributed by atoms with van der Waals surface area (Å²) in [6.45, 7) is 4.54. The largest absolute Gasteiger partial charge is 0.384 e. The summed E-state index contributed by atoms with van der Waals surface area (Å²) >= 11 is 12.6. The number of anilines is 3. The molecule has 0 saturated carbocycles. The lowest BCUT2D eigenvalue weighted by Gasteiger charge is -2.22. The van der Waals surface area contributed by atoms with Gasteiger partial charge in [-0.25, -0.2) is 14.3 Å². The van der Waals surface area contributed by atoms with Crippen molar-refractivity contribution >= 4 is 51.7 Å². The fourth-order valence-electron chi connectivity index (χ4n) is 4.81. The summed E-state index contributed by atoms with van der Waals surface area (Å²) in [5, 5.41) is 4.22. The third kappa shape index (κ3) is 4.01. The molecule has 180 valence electrons. The molecule has 8 nitrogen and oxygen atoms in total. The second kappa shape index (κ2) is 8.48. The van der Waals surface area contributed by atoms with Gasteiger partial charge < -0.3 is 16.0 Å². The Morgan fingerprint density at radius 2 is 1.86 bits per heavy atom. The number of rotatable bonds is 4. The van der Waals surface area contributed by atoms with Gasteiger partial charge in [0, 0.05) is 17.9 Å². The molecule has 0 saturated heterocycles. The summed E-state index contributed by atoms with van der Waals surface area (Å²) in [5.41, 5.74) is 9.73. The predicted molar refractivity (Wildman–Crippen MR) is 141 cm³/mol. The maximum absolute atomic E-state index is 12.9. The minimum atomic E-state index is -0.636. The molecule has 0 spiro atoms. The normalized spacial score (nSPS) is 16.6. The fourth-order valence-corrected chi connectivity index (χ4v) is 5.37. The number of nitrogens with one attached hydrogen (secondary N) is 1. The van der Waals surface area contributed by atoms with Gasteiger partial charge in [0.15, 0.2) is 5.65 Å². The van der Waals surface area contributed by atoms with Crippen LogP contribution < -0.4 is 16.7 Å². The first kappa shape index (κ1) is 23.5. The second-order valence-corrected chi connectivity index (χ2v) is 10.4. The van der Waals surface area contributed by atoms with E-state index in [9.17, 15) is 4.79 Å². The lowest BCUT2D eigenvalue weighted by Crippen LogP contribution is -2.25. The maximum Gasteiger partial charge on any atom is 0.355 e. The first-order valence-corrected chi connectivity index (χ1v) is 11.9. The summed E-state index contributed by atoms with van der Waals surface area (Å²) in [5.74, 6) is 0.422. The van der Waals surface area contributed by atoms with Crippen LogP contribution in [0.3, 0.4) is 0 Å². The summed E-state index contributed by atoms with van der Waals surface area (Å²) in [4.78, 5) is 28.1. The van der Waals surface area contributed by atoms with Gasteiger partial charge >= 0.3 is 5.69 Å². The van der Waals surface area contributed by atoms with Crippen molar-refractivity contribution in [2.45, 2.75) is 31.7 Å². The number of hydrogen-bond donors (Lipinski definition) is 2. The number of fused-ring (bicyclic) bond motifs is 2. The number of benzene rings is 2. The van der Waals surface area contributed by atoms with Crippen LogP contribution in [0.2, 0.25) is 10.0 Å². The van der Waals surface area contributed by atoms with Crippen molar-refractivity contribution in [3.05, 3.63) is 74.3 Å². The van der Waals surface area contributed by atoms with Gasteiger partial charge in [-0.3, -0.25) is 0 Å². The van der Waals surface area contributed by atoms with Gasteiger partial charge in [-0.15, -0.1) is 0 Å². The second-order valence-electron chi connectivity index (χ2n) is 9.61. The molecule has 1 aliphatic rings. The van der Waals surface area contributed by atoms with Crippen LogP contribution in [-0.4, -0.2) is 38.5 Å². The summed E-state index contributed by atoms with van der Waals surface area (Å²) < 4.78 is 1.17. The molecule has 1 aliphatic carbocycles. The van der Waals surface area contributed by atoms with E-state index in [1.807, 2.05) is 6.07 Å². The molecule has 2 heterocycles. The smallest absolute Gasteiger partial charge is 0.355 e. The van der Waals surface area contributed by atoms with Gasteiger partial charge in [-0.05, 0) is 61.3 Å². The van der Waals surface area contributed by atoms with E-state index in [0.717, 1.165) is 12.1 Å². The molecule has 0 aliphatic heterocycles. The topological polar surface area (TPSA) is 102 Å². The van der Waals surface area contributed by atoms with Gasteiger partial charge in [0.2, 0.25) is 5.95 Å². The predicted octanol–water partition coefficient (Wildman–Crippen LogP) is 5.09. The van der Waals surface area contributed by atoms with Crippen molar-refractivity contribution in [2.75, 3.05) is 25.1 Å². The van der Waals surface area contributed by atoms with Crippen molar-refractivity contribution in [3.63, 3.8) is 0 Å². The molecule has 1 atom stereocenters. The van der Waals surface area contributed by atoms with Gasteiger partial charge in [0.05, 0.1) is 21.1 Å². The maximum atomic E-state index is 12.9. The Morgan fingerprint density at radius 1 is 1.14 bits per heavy atom. The molecule has 0 radical (unpaired) electrons. The van der Waals surface area contributed by atoms with E-state index in [4.69, 9.17) is 28.9 Å². The van der Waals surface area contributed by atoms with Crippen molar-refractivity contribution in [2.24, 2.45) is 0 Å². The average Bonchev–Trinajstić information content (AvgIpc) is 3.06. The zero-order valence-electron chi connectivity index (χ0n) is 19.8. The molecule has 0 amide bonds. The minimum Gasteiger partial charge on any atom is -0.384 e. The first-order valence-electron chi connectivity index (χ1n) is 11.1. The minimum absolute atomic E-state index is 0.105. The first-order chi connectivity index (χ1) is 16.6. The van der Waals surface area contributed by atoms with E-state index in [1.54, 1.807) is 18.2 Å². The zero-order valence-corrected chi connectivity index (χ0v) is 21.3. The monoisotopic (exact) mass is 509 g/mol. The number of hydrogen-bond acceptors (Lipinski definition) is 7. The Labute approximate surface area is 212 Å². The van der Waals surface area contributed by atoms with Crippen LogP contribution in [0.25, 0.3) is 16.7 Å². The SMILES string of the molecule is CN(C)C1CC(C)(C)c2ccc(Nc3ncc4c(N)n(-c5c(Cl)cccc5Cl)c(=O)nc4n3)cc21. The molecular formula is C25H25Cl2N7O. The van der Waals surface area contributed by atoms with Crippen molar-refractivity contribution in [1.82, 2.24) is 24.4 Å². The van der Waals surface area contributed by atoms with Crippen molar-refractivity contribution in [3.8, 4) is 5.69 Å². The van der Waals surface area contributed by atoms with Gasteiger partial charge in [-0.2, -0.15) is 9.97 Å². The lowest BCUT2D eigenvalue weighted by atomic mass is 9.86. The Balaban J connectivity index is 1.53. The molecule has 10 heteroatoms. The van der Waals surface area contributed by atoms with Crippen LogP contribution in [0.15, 0.2) is 47.4 Å². The van der Waals surface area contributed by atoms with E-state index in [0.29, 0.717) is 17.4 Å². The highest BCUT2D eigenvalue weighted by molar-refractivity contribution is 6.37. The van der Waals surface area contributed by atoms with E-state index >= 15 is 0 Å². The summed E-state index contributed by atoms with van der Waals surface area (Å²) in [6.07, 6.45) is 2.59. The number of nitrogens with zero attached hydrogens (tertiary/aromatic N) is 5. The van der Waals surface area contributed by atoms with E-state index in [2.05, 4.69) is 65.2 Å². The lowest BCUT2D eigenvalue weighted by molar-refractivity contribution is 0.269. The third-order valence-electron chi connectivity index (χ3n) is 6.56. The van der Waals surface area contributed by atoms with Crippen molar-refractivity contribution < 1.29 is 0 Å². The zero-order chi connectivity index (χ0) is 25.1. The highest BCUT2D eigenvalue weighted by Crippen LogP contribution is 2.47. The molecule has 0 bridgehead atoms. The number of nitrogens with two attached hydrogens (primary N) is 1. The van der Waals surface area contributed by atoms with E-state index in [1.165, 1.54) is 21.9 Å². The third-order valence-corrected chi connectivity index (χ3v) is 7.17. The Bertz CT molecular complexity index is 1510. The Kier molecular flexibility index (Phi) is 5.70. The highest BCUT2D eigenvalue weighted by atomic mass is 35.5. The molecule has 2 aromatic carbocycles. The van der Waals surface area contributed by atoms with Crippen LogP contribution >= 0.6 is 23.2 Å². The number of para-hydroxylation sites is 1. The molecule has 3 N–H and O–H groups in total. The Hall–Kier alpha value is -3.20. The van der Waals surface area contributed by atoms with Gasteiger partial charge in [-0.1, -0.05) is 49.2 Å². The summed E-state index contributed by atoms with van der Waals surface area (Å²) in [6, 6.07) is 11.6. The molecule has 5 rings (SSSR count). The van der Waals surface area contributed by atoms with Crippen molar-refractivity contribution in [1.29, 1.82) is 0 Å². The van der Waals surface area contributed by atoms with Crippen LogP contribution in [0.4, 0.5) is 17.5 Å². The van der Waals surface area contributed by atoms with E-state index in [-0.39, 0.29) is 32.6 Å². The van der Waals surface area contributed by atoms with Gasteiger partial charge in [0.1, 0.15) is 5.82 Å². The molecule has 2 aromatic heterocycles. The molecule has 1 unspecified atom stereocenters. The van der Waals surface area contributed by atoms with Crippen LogP contribution in [0, 0.1) is 0 Å². The molecule has 4 aromatic rings. The number of aromatic nitrogens is 4. The van der Waals surface area contributed by atoms with E-state index < -0.39 is 5.69 Å². The van der Waals surface area contributed by atoms with Crippen LogP contribution in [-0.2, 0) is 5.41 Å². The molecular weight excluding hydrogens is 485 g/mol. The number of nitrogen functional groups attached to an aromatic ring is 1. The summed E-state index contributed by atoms with van der Waals surface area (Å²) in [7, 11) is 4.20.